The third kappa shape index (κ3) is 3.05. The maximum Gasteiger partial charge on any atom is 0.261 e. The molecule has 8 heteroatoms. The summed E-state index contributed by atoms with van der Waals surface area (Å²) in [5, 5.41) is 7.39. The molecule has 2 saturated heterocycles. The van der Waals surface area contributed by atoms with Crippen LogP contribution in [-0.2, 0) is 11.2 Å². The van der Waals surface area contributed by atoms with Gasteiger partial charge in [-0.05, 0) is 32.4 Å². The second kappa shape index (κ2) is 6.43. The molecule has 1 amide bonds. The Morgan fingerprint density at radius 1 is 1.26 bits per heavy atom. The fraction of sp³-hybridized carbons (Fsp3) is 0.435. The summed E-state index contributed by atoms with van der Waals surface area (Å²) >= 11 is 0. The van der Waals surface area contributed by atoms with Crippen molar-refractivity contribution in [1.82, 2.24) is 14.6 Å². The molecule has 1 spiro atoms. The lowest BCUT2D eigenvalue weighted by Gasteiger charge is -2.38. The number of ether oxygens (including phenoxy) is 2. The third-order valence-electron chi connectivity index (χ3n) is 6.55. The average molecular weight is 419 g/mol. The van der Waals surface area contributed by atoms with Gasteiger partial charge in [-0.25, -0.2) is 9.50 Å². The van der Waals surface area contributed by atoms with E-state index in [0.717, 1.165) is 61.8 Å². The minimum atomic E-state index is -0.247. The lowest BCUT2D eigenvalue weighted by molar-refractivity contribution is -0.0985. The Labute approximate surface area is 180 Å². The van der Waals surface area contributed by atoms with Gasteiger partial charge in [-0.2, -0.15) is 5.10 Å². The van der Waals surface area contributed by atoms with E-state index in [-0.39, 0.29) is 16.9 Å². The quantitative estimate of drug-likeness (QED) is 0.703. The van der Waals surface area contributed by atoms with Crippen molar-refractivity contribution in [2.24, 2.45) is 5.41 Å². The van der Waals surface area contributed by atoms with E-state index in [4.69, 9.17) is 9.47 Å². The molecule has 3 aliphatic heterocycles. The molecule has 2 fully saturated rings. The SMILES string of the molecule is CC1(C)Cc2cc(NC(=O)c3cnn4cccnc34)c(N3CCC4(COC4)C3)cc2O1. The second-order valence-electron chi connectivity index (χ2n) is 9.58. The Morgan fingerprint density at radius 2 is 2.13 bits per heavy atom. The molecule has 1 N–H and O–H groups in total. The van der Waals surface area contributed by atoms with Crippen molar-refractivity contribution in [1.29, 1.82) is 0 Å². The van der Waals surface area contributed by atoms with Crippen LogP contribution in [0, 0.1) is 5.41 Å². The van der Waals surface area contributed by atoms with Gasteiger partial charge in [0.1, 0.15) is 16.9 Å². The normalized spacial score (nSPS) is 20.5. The summed E-state index contributed by atoms with van der Waals surface area (Å²) in [6.07, 6.45) is 6.92. The van der Waals surface area contributed by atoms with Crippen molar-refractivity contribution in [3.8, 4) is 5.75 Å². The summed E-state index contributed by atoms with van der Waals surface area (Å²) in [7, 11) is 0. The van der Waals surface area contributed by atoms with Crippen LogP contribution in [0.25, 0.3) is 5.65 Å². The van der Waals surface area contributed by atoms with Crippen molar-refractivity contribution in [2.45, 2.75) is 32.3 Å². The lowest BCUT2D eigenvalue weighted by Crippen LogP contribution is -2.44. The highest BCUT2D eigenvalue weighted by atomic mass is 16.5. The molecule has 160 valence electrons. The molecule has 8 nitrogen and oxygen atoms in total. The molecule has 0 aliphatic carbocycles. The van der Waals surface area contributed by atoms with E-state index < -0.39 is 0 Å². The molecule has 3 aromatic rings. The number of nitrogens with zero attached hydrogens (tertiary/aromatic N) is 4. The van der Waals surface area contributed by atoms with Crippen LogP contribution in [0.5, 0.6) is 5.75 Å². The number of aromatic nitrogens is 3. The van der Waals surface area contributed by atoms with Gasteiger partial charge in [-0.3, -0.25) is 4.79 Å². The monoisotopic (exact) mass is 419 g/mol. The zero-order valence-corrected chi connectivity index (χ0v) is 17.7. The lowest BCUT2D eigenvalue weighted by atomic mass is 9.85. The first-order valence-corrected chi connectivity index (χ1v) is 10.7. The Balaban J connectivity index is 1.37. The molecule has 6 rings (SSSR count). The molecule has 0 radical (unpaired) electrons. The fourth-order valence-corrected chi connectivity index (χ4v) is 4.95. The van der Waals surface area contributed by atoms with Crippen LogP contribution < -0.4 is 15.0 Å². The van der Waals surface area contributed by atoms with Crippen molar-refractivity contribution in [2.75, 3.05) is 36.5 Å². The zero-order chi connectivity index (χ0) is 21.2. The van der Waals surface area contributed by atoms with Gasteiger partial charge in [0.05, 0.1) is 30.8 Å². The van der Waals surface area contributed by atoms with E-state index >= 15 is 0 Å². The first-order valence-electron chi connectivity index (χ1n) is 10.7. The molecule has 0 bridgehead atoms. The van der Waals surface area contributed by atoms with Gasteiger partial charge in [0.25, 0.3) is 5.91 Å². The van der Waals surface area contributed by atoms with E-state index in [1.807, 2.05) is 0 Å². The smallest absolute Gasteiger partial charge is 0.261 e. The predicted molar refractivity (Wildman–Crippen MR) is 116 cm³/mol. The van der Waals surface area contributed by atoms with Crippen LogP contribution in [0.3, 0.4) is 0 Å². The number of anilines is 2. The standard InChI is InChI=1S/C23H25N5O3/c1-22(2)10-15-8-17(26-21(29)16-11-25-28-6-3-5-24-20(16)28)18(9-19(15)31-22)27-7-4-23(12-27)13-30-14-23/h3,5-6,8-9,11H,4,7,10,12-14H2,1-2H3,(H,26,29). The molecule has 0 unspecified atom stereocenters. The summed E-state index contributed by atoms with van der Waals surface area (Å²) in [6, 6.07) is 5.95. The van der Waals surface area contributed by atoms with Crippen LogP contribution in [0.2, 0.25) is 0 Å². The van der Waals surface area contributed by atoms with Gasteiger partial charge in [-0.15, -0.1) is 0 Å². The Morgan fingerprint density at radius 3 is 2.90 bits per heavy atom. The van der Waals surface area contributed by atoms with Crippen LogP contribution in [0.15, 0.2) is 36.8 Å². The first-order chi connectivity index (χ1) is 14.9. The Bertz CT molecular complexity index is 1200. The van der Waals surface area contributed by atoms with Crippen molar-refractivity contribution >= 4 is 22.9 Å². The van der Waals surface area contributed by atoms with Gasteiger partial charge < -0.3 is 19.7 Å². The maximum atomic E-state index is 13.2. The molecule has 3 aliphatic rings. The van der Waals surface area contributed by atoms with E-state index in [2.05, 4.69) is 46.3 Å². The van der Waals surface area contributed by atoms with Crippen LogP contribution in [-0.4, -0.2) is 52.4 Å². The van der Waals surface area contributed by atoms with Crippen molar-refractivity contribution in [3.63, 3.8) is 0 Å². The van der Waals surface area contributed by atoms with Crippen LogP contribution in [0.4, 0.5) is 11.4 Å². The topological polar surface area (TPSA) is 81.0 Å². The largest absolute Gasteiger partial charge is 0.487 e. The van der Waals surface area contributed by atoms with Gasteiger partial charge in [0, 0.05) is 48.9 Å². The summed E-state index contributed by atoms with van der Waals surface area (Å²) in [4.78, 5) is 19.9. The Hall–Kier alpha value is -3.13. The van der Waals surface area contributed by atoms with E-state index in [1.165, 1.54) is 0 Å². The summed E-state index contributed by atoms with van der Waals surface area (Å²) in [6.45, 7) is 7.67. The first kappa shape index (κ1) is 18.6. The minimum Gasteiger partial charge on any atom is -0.487 e. The molecule has 5 heterocycles. The maximum absolute atomic E-state index is 13.2. The van der Waals surface area contributed by atoms with Crippen molar-refractivity contribution < 1.29 is 14.3 Å². The highest BCUT2D eigenvalue weighted by Crippen LogP contribution is 2.45. The Kier molecular flexibility index (Phi) is 3.87. The summed E-state index contributed by atoms with van der Waals surface area (Å²) in [5.41, 5.74) is 3.90. The number of benzene rings is 1. The minimum absolute atomic E-state index is 0.214. The number of rotatable bonds is 3. The molecule has 1 aromatic carbocycles. The zero-order valence-electron chi connectivity index (χ0n) is 17.7. The van der Waals surface area contributed by atoms with Crippen LogP contribution >= 0.6 is 0 Å². The summed E-state index contributed by atoms with van der Waals surface area (Å²) in [5.74, 6) is 0.690. The van der Waals surface area contributed by atoms with Gasteiger partial charge in [0.15, 0.2) is 5.65 Å². The third-order valence-corrected chi connectivity index (χ3v) is 6.55. The van der Waals surface area contributed by atoms with E-state index in [9.17, 15) is 4.79 Å². The summed E-state index contributed by atoms with van der Waals surface area (Å²) < 4.78 is 13.3. The van der Waals surface area contributed by atoms with Gasteiger partial charge in [-0.1, -0.05) is 0 Å². The number of hydrogen-bond donors (Lipinski definition) is 1. The fourth-order valence-electron chi connectivity index (χ4n) is 4.95. The molecule has 31 heavy (non-hydrogen) atoms. The molecule has 2 aromatic heterocycles. The number of carbonyl (C=O) groups excluding carboxylic acids is 1. The molecular formula is C23H25N5O3. The number of carbonyl (C=O) groups is 1. The highest BCUT2D eigenvalue weighted by molar-refractivity contribution is 6.09. The second-order valence-corrected chi connectivity index (χ2v) is 9.58. The van der Waals surface area contributed by atoms with E-state index in [1.54, 1.807) is 29.2 Å². The highest BCUT2D eigenvalue weighted by Gasteiger charge is 2.45. The predicted octanol–water partition coefficient (Wildman–Crippen LogP) is 2.92. The van der Waals surface area contributed by atoms with Crippen LogP contribution in [0.1, 0.15) is 36.2 Å². The molecule has 0 saturated carbocycles. The molecule has 0 atom stereocenters. The number of amides is 1. The van der Waals surface area contributed by atoms with Crippen molar-refractivity contribution in [3.05, 3.63) is 47.9 Å². The number of hydrogen-bond acceptors (Lipinski definition) is 6. The average Bonchev–Trinajstić information content (AvgIpc) is 3.40. The molecular weight excluding hydrogens is 394 g/mol. The van der Waals surface area contributed by atoms with E-state index in [0.29, 0.717) is 11.2 Å². The number of fused-ring (bicyclic) bond motifs is 2. The van der Waals surface area contributed by atoms with Gasteiger partial charge in [0.2, 0.25) is 0 Å². The van der Waals surface area contributed by atoms with Gasteiger partial charge >= 0.3 is 0 Å². The number of nitrogens with one attached hydrogen (secondary N) is 1.